The third-order valence-electron chi connectivity index (χ3n) is 3.87. The van der Waals surface area contributed by atoms with E-state index in [9.17, 15) is 22.4 Å². The van der Waals surface area contributed by atoms with Crippen molar-refractivity contribution in [2.75, 3.05) is 5.32 Å². The van der Waals surface area contributed by atoms with Gasteiger partial charge in [-0.3, -0.25) is 14.9 Å². The average molecular weight is 427 g/mol. The van der Waals surface area contributed by atoms with Crippen molar-refractivity contribution >= 4 is 27.8 Å². The number of esters is 1. The number of benzene rings is 1. The second-order valence-electron chi connectivity index (χ2n) is 6.67. The number of ether oxygens (including phenoxy) is 1. The SMILES string of the molecule is Cc1cc(NC(=O)C(C)OC(=O)[C@@H](NS(=O)(=O)c2ccccc2F)C(C)C)on1. The number of nitrogens with one attached hydrogen (secondary N) is 2. The molecule has 1 unspecified atom stereocenters. The molecule has 0 saturated carbocycles. The molecule has 0 bridgehead atoms. The van der Waals surface area contributed by atoms with Crippen molar-refractivity contribution in [3.8, 4) is 0 Å². The summed E-state index contributed by atoms with van der Waals surface area (Å²) in [4.78, 5) is 24.0. The number of aryl methyl sites for hydroxylation is 1. The van der Waals surface area contributed by atoms with E-state index in [1.54, 1.807) is 20.8 Å². The molecule has 0 aliphatic carbocycles. The summed E-state index contributed by atoms with van der Waals surface area (Å²) in [7, 11) is -4.33. The molecule has 1 amide bonds. The predicted molar refractivity (Wildman–Crippen MR) is 101 cm³/mol. The number of halogens is 1. The van der Waals surface area contributed by atoms with Gasteiger partial charge >= 0.3 is 5.97 Å². The summed E-state index contributed by atoms with van der Waals surface area (Å²) >= 11 is 0. The monoisotopic (exact) mass is 427 g/mol. The van der Waals surface area contributed by atoms with E-state index in [2.05, 4.69) is 15.2 Å². The van der Waals surface area contributed by atoms with Crippen LogP contribution in [0.2, 0.25) is 0 Å². The molecule has 9 nitrogen and oxygen atoms in total. The summed E-state index contributed by atoms with van der Waals surface area (Å²) < 4.78 is 50.9. The number of nitrogens with zero attached hydrogens (tertiary/aromatic N) is 1. The molecule has 158 valence electrons. The Morgan fingerprint density at radius 3 is 2.41 bits per heavy atom. The molecule has 2 rings (SSSR count). The molecular formula is C18H22FN3O6S. The highest BCUT2D eigenvalue weighted by molar-refractivity contribution is 7.89. The predicted octanol–water partition coefficient (Wildman–Crippen LogP) is 2.00. The molecule has 0 radical (unpaired) electrons. The van der Waals surface area contributed by atoms with Gasteiger partial charge in [-0.1, -0.05) is 31.1 Å². The van der Waals surface area contributed by atoms with Crippen LogP contribution < -0.4 is 10.0 Å². The molecule has 0 spiro atoms. The lowest BCUT2D eigenvalue weighted by Crippen LogP contribution is -2.47. The molecule has 2 aromatic rings. The Hall–Kier alpha value is -2.79. The molecular weight excluding hydrogens is 405 g/mol. The number of aromatic nitrogens is 1. The Morgan fingerprint density at radius 1 is 1.21 bits per heavy atom. The quantitative estimate of drug-likeness (QED) is 0.617. The van der Waals surface area contributed by atoms with Crippen LogP contribution in [0.3, 0.4) is 0 Å². The van der Waals surface area contributed by atoms with E-state index in [0.29, 0.717) is 5.69 Å². The lowest BCUT2D eigenvalue weighted by atomic mass is 10.1. The molecule has 0 aliphatic rings. The van der Waals surface area contributed by atoms with Crippen LogP contribution in [0.15, 0.2) is 39.8 Å². The largest absolute Gasteiger partial charge is 0.451 e. The van der Waals surface area contributed by atoms with Crippen molar-refractivity contribution in [3.63, 3.8) is 0 Å². The Balaban J connectivity index is 2.09. The second kappa shape index (κ2) is 9.14. The van der Waals surface area contributed by atoms with Crippen LogP contribution in [0.4, 0.5) is 10.3 Å². The number of amides is 1. The van der Waals surface area contributed by atoms with Crippen molar-refractivity contribution in [1.82, 2.24) is 9.88 Å². The molecule has 29 heavy (non-hydrogen) atoms. The number of carbonyl (C=O) groups excluding carboxylic acids is 2. The lowest BCUT2D eigenvalue weighted by Gasteiger charge is -2.22. The molecule has 0 aliphatic heterocycles. The van der Waals surface area contributed by atoms with Gasteiger partial charge in [-0.25, -0.2) is 12.8 Å². The Kier molecular flexibility index (Phi) is 7.09. The fourth-order valence-corrected chi connectivity index (χ4v) is 3.71. The maximum atomic E-state index is 13.9. The van der Waals surface area contributed by atoms with Gasteiger partial charge in [-0.2, -0.15) is 4.72 Å². The summed E-state index contributed by atoms with van der Waals surface area (Å²) in [5.74, 6) is -3.07. The first kappa shape index (κ1) is 22.5. The number of hydrogen-bond acceptors (Lipinski definition) is 7. The Bertz CT molecular complexity index is 989. The van der Waals surface area contributed by atoms with E-state index in [4.69, 9.17) is 9.26 Å². The molecule has 0 fully saturated rings. The van der Waals surface area contributed by atoms with Crippen LogP contribution in [0.5, 0.6) is 0 Å². The molecule has 1 aromatic heterocycles. The summed E-state index contributed by atoms with van der Waals surface area (Å²) in [6.07, 6.45) is -1.24. The smallest absolute Gasteiger partial charge is 0.325 e. The summed E-state index contributed by atoms with van der Waals surface area (Å²) in [5, 5.41) is 6.00. The van der Waals surface area contributed by atoms with Crippen LogP contribution >= 0.6 is 0 Å². The highest BCUT2D eigenvalue weighted by Crippen LogP contribution is 2.17. The van der Waals surface area contributed by atoms with Gasteiger partial charge in [0.15, 0.2) is 6.10 Å². The average Bonchev–Trinajstić information content (AvgIpc) is 3.04. The molecule has 1 aromatic carbocycles. The zero-order valence-corrected chi connectivity index (χ0v) is 17.1. The molecule has 2 atom stereocenters. The van der Waals surface area contributed by atoms with Gasteiger partial charge in [-0.05, 0) is 31.9 Å². The lowest BCUT2D eigenvalue weighted by molar-refractivity contribution is -0.155. The Morgan fingerprint density at radius 2 is 1.86 bits per heavy atom. The summed E-state index contributed by atoms with van der Waals surface area (Å²) in [5.41, 5.74) is 0.548. The van der Waals surface area contributed by atoms with Crippen molar-refractivity contribution in [1.29, 1.82) is 0 Å². The number of rotatable bonds is 8. The van der Waals surface area contributed by atoms with Crippen molar-refractivity contribution < 1.29 is 31.7 Å². The maximum absolute atomic E-state index is 13.9. The molecule has 2 N–H and O–H groups in total. The van der Waals surface area contributed by atoms with E-state index in [0.717, 1.165) is 12.1 Å². The van der Waals surface area contributed by atoms with Crippen LogP contribution in [-0.2, 0) is 24.3 Å². The normalized spacial score (nSPS) is 13.7. The second-order valence-corrected chi connectivity index (χ2v) is 8.36. The van der Waals surface area contributed by atoms with Gasteiger partial charge in [0, 0.05) is 6.07 Å². The maximum Gasteiger partial charge on any atom is 0.325 e. The first-order chi connectivity index (χ1) is 13.5. The van der Waals surface area contributed by atoms with Gasteiger partial charge in [0.1, 0.15) is 16.8 Å². The highest BCUT2D eigenvalue weighted by Gasteiger charge is 2.33. The minimum atomic E-state index is -4.33. The third-order valence-corrected chi connectivity index (χ3v) is 5.34. The fourth-order valence-electron chi connectivity index (χ4n) is 2.30. The summed E-state index contributed by atoms with van der Waals surface area (Å²) in [6.45, 7) is 6.15. The van der Waals surface area contributed by atoms with Gasteiger partial charge in [0.25, 0.3) is 5.91 Å². The van der Waals surface area contributed by atoms with Crippen molar-refractivity contribution in [3.05, 3.63) is 41.8 Å². The first-order valence-corrected chi connectivity index (χ1v) is 10.2. The molecule has 11 heteroatoms. The fraction of sp³-hybridized carbons (Fsp3) is 0.389. The van der Waals surface area contributed by atoms with E-state index >= 15 is 0 Å². The number of sulfonamides is 1. The first-order valence-electron chi connectivity index (χ1n) is 8.73. The van der Waals surface area contributed by atoms with Gasteiger partial charge in [0.2, 0.25) is 15.9 Å². The van der Waals surface area contributed by atoms with E-state index in [-0.39, 0.29) is 5.88 Å². The molecule has 1 heterocycles. The third kappa shape index (κ3) is 5.84. The van der Waals surface area contributed by atoms with Crippen LogP contribution in [0.1, 0.15) is 26.5 Å². The van der Waals surface area contributed by atoms with Crippen LogP contribution in [0.25, 0.3) is 0 Å². The van der Waals surface area contributed by atoms with Gasteiger partial charge < -0.3 is 9.26 Å². The number of anilines is 1. The van der Waals surface area contributed by atoms with Gasteiger partial charge in [-0.15, -0.1) is 0 Å². The van der Waals surface area contributed by atoms with Gasteiger partial charge in [0.05, 0.1) is 5.69 Å². The Labute approximate surface area is 167 Å². The number of carbonyl (C=O) groups is 2. The van der Waals surface area contributed by atoms with E-state index < -0.39 is 50.7 Å². The van der Waals surface area contributed by atoms with E-state index in [1.165, 1.54) is 25.1 Å². The van der Waals surface area contributed by atoms with Crippen LogP contribution in [0, 0.1) is 18.7 Å². The number of hydrogen-bond donors (Lipinski definition) is 2. The minimum Gasteiger partial charge on any atom is -0.451 e. The van der Waals surface area contributed by atoms with Crippen molar-refractivity contribution in [2.45, 2.75) is 44.7 Å². The highest BCUT2D eigenvalue weighted by atomic mass is 32.2. The van der Waals surface area contributed by atoms with Crippen LogP contribution in [-0.4, -0.2) is 37.6 Å². The minimum absolute atomic E-state index is 0.0797. The summed E-state index contributed by atoms with van der Waals surface area (Å²) in [6, 6.07) is 4.93. The standard InChI is InChI=1S/C18H22FN3O6S/c1-10(2)16(22-29(25,26)14-8-6-5-7-13(14)19)18(24)27-12(4)17(23)20-15-9-11(3)21-28-15/h5-10,12,16,22H,1-4H3,(H,20,23)/t12?,16-/m0/s1. The van der Waals surface area contributed by atoms with Crippen molar-refractivity contribution in [2.24, 2.45) is 5.92 Å². The zero-order chi connectivity index (χ0) is 21.8. The molecule has 0 saturated heterocycles. The topological polar surface area (TPSA) is 128 Å². The zero-order valence-electron chi connectivity index (χ0n) is 16.3. The van der Waals surface area contributed by atoms with E-state index in [1.807, 2.05) is 0 Å².